The van der Waals surface area contributed by atoms with Crippen LogP contribution in [0.3, 0.4) is 0 Å². The predicted molar refractivity (Wildman–Crippen MR) is 63.2 cm³/mol. The van der Waals surface area contributed by atoms with Crippen molar-refractivity contribution in [1.82, 2.24) is 0 Å². The summed E-state index contributed by atoms with van der Waals surface area (Å²) in [6.45, 7) is 2.04. The van der Waals surface area contributed by atoms with Crippen molar-refractivity contribution < 1.29 is 4.39 Å². The van der Waals surface area contributed by atoms with Gasteiger partial charge < -0.3 is 5.73 Å². The molecule has 0 fully saturated rings. The van der Waals surface area contributed by atoms with Crippen LogP contribution in [0.4, 0.5) is 4.39 Å². The zero-order valence-electron chi connectivity index (χ0n) is 8.96. The fourth-order valence-electron chi connectivity index (χ4n) is 1.14. The van der Waals surface area contributed by atoms with Gasteiger partial charge in [0, 0.05) is 11.1 Å². The van der Waals surface area contributed by atoms with Crippen LogP contribution >= 0.6 is 10.0 Å². The van der Waals surface area contributed by atoms with Gasteiger partial charge in [0.15, 0.2) is 0 Å². The van der Waals surface area contributed by atoms with Crippen molar-refractivity contribution in [2.75, 3.05) is 12.5 Å². The van der Waals surface area contributed by atoms with Crippen molar-refractivity contribution >= 4 is 10.0 Å². The van der Waals surface area contributed by atoms with Crippen molar-refractivity contribution in [3.05, 3.63) is 35.6 Å². The minimum Gasteiger partial charge on any atom is -0.321 e. The van der Waals surface area contributed by atoms with Crippen LogP contribution in [-0.4, -0.2) is 17.9 Å². The molecule has 0 aromatic heterocycles. The lowest BCUT2D eigenvalue weighted by atomic mass is 10.2. The van der Waals surface area contributed by atoms with E-state index in [9.17, 15) is 4.39 Å². The van der Waals surface area contributed by atoms with E-state index in [1.54, 1.807) is 0 Å². The Labute approximate surface area is 86.8 Å². The van der Waals surface area contributed by atoms with E-state index in [0.29, 0.717) is 0 Å². The van der Waals surface area contributed by atoms with Crippen LogP contribution in [0.1, 0.15) is 12.5 Å². The maximum atomic E-state index is 12.7. The highest BCUT2D eigenvalue weighted by Gasteiger charge is 2.17. The average molecular weight is 215 g/mol. The molecule has 0 spiro atoms. The van der Waals surface area contributed by atoms with Gasteiger partial charge in [0.1, 0.15) is 5.82 Å². The fraction of sp³-hybridized carbons (Fsp3) is 0.455. The number of benzene rings is 1. The molecular weight excluding hydrogens is 197 g/mol. The molecule has 0 radical (unpaired) electrons. The van der Waals surface area contributed by atoms with Gasteiger partial charge in [-0.2, -0.15) is 0 Å². The molecule has 80 valence electrons. The summed E-state index contributed by atoms with van der Waals surface area (Å²) in [6.07, 6.45) is 4.42. The fourth-order valence-corrected chi connectivity index (χ4v) is 2.46. The molecular formula is C11H18FNS. The topological polar surface area (TPSA) is 26.0 Å². The number of hydrogen-bond donors (Lipinski definition) is 1. The highest BCUT2D eigenvalue weighted by Crippen LogP contribution is 2.46. The second kappa shape index (κ2) is 4.32. The Kier molecular flexibility index (Phi) is 3.56. The maximum Gasteiger partial charge on any atom is 0.123 e. The van der Waals surface area contributed by atoms with Crippen LogP contribution in [0.25, 0.3) is 0 Å². The van der Waals surface area contributed by atoms with Crippen LogP contribution in [0.2, 0.25) is 0 Å². The molecule has 0 heterocycles. The number of halogens is 1. The third kappa shape index (κ3) is 3.00. The monoisotopic (exact) mass is 215 g/mol. The molecule has 1 aromatic rings. The van der Waals surface area contributed by atoms with E-state index in [4.69, 9.17) is 5.73 Å². The summed E-state index contributed by atoms with van der Waals surface area (Å²) in [4.78, 5) is 0. The van der Waals surface area contributed by atoms with Gasteiger partial charge in [-0.15, -0.1) is 0 Å². The lowest BCUT2D eigenvalue weighted by Gasteiger charge is -2.35. The first-order valence-corrected chi connectivity index (χ1v) is 7.30. The molecule has 3 heteroatoms. The molecule has 0 aliphatic rings. The number of rotatable bonds is 3. The Hall–Kier alpha value is -0.540. The van der Waals surface area contributed by atoms with Gasteiger partial charge in [0.2, 0.25) is 0 Å². The molecule has 14 heavy (non-hydrogen) atoms. The van der Waals surface area contributed by atoms with E-state index in [2.05, 4.69) is 12.5 Å². The maximum absolute atomic E-state index is 12.7. The highest BCUT2D eigenvalue weighted by atomic mass is 32.3. The standard InChI is InChI=1S/C11H18FNS/c1-9(13)14(2,3)8-10-4-6-11(12)7-5-10/h4-7,9H,8,13H2,1-3H3. The Morgan fingerprint density at radius 3 is 2.21 bits per heavy atom. The first kappa shape index (κ1) is 11.5. The lowest BCUT2D eigenvalue weighted by Crippen LogP contribution is -2.23. The van der Waals surface area contributed by atoms with Gasteiger partial charge in [0.25, 0.3) is 0 Å². The summed E-state index contributed by atoms with van der Waals surface area (Å²) in [5, 5.41) is 0.215. The van der Waals surface area contributed by atoms with Gasteiger partial charge >= 0.3 is 0 Å². The predicted octanol–water partition coefficient (Wildman–Crippen LogP) is 2.69. The van der Waals surface area contributed by atoms with Crippen LogP contribution < -0.4 is 5.73 Å². The SMILES string of the molecule is CC(N)S(C)(C)Cc1ccc(F)cc1. The van der Waals surface area contributed by atoms with Gasteiger partial charge in [-0.3, -0.25) is 0 Å². The van der Waals surface area contributed by atoms with Gasteiger partial charge in [-0.25, -0.2) is 14.4 Å². The molecule has 0 bridgehead atoms. The van der Waals surface area contributed by atoms with E-state index >= 15 is 0 Å². The molecule has 1 rings (SSSR count). The van der Waals surface area contributed by atoms with Crippen molar-refractivity contribution in [1.29, 1.82) is 0 Å². The van der Waals surface area contributed by atoms with E-state index in [1.165, 1.54) is 17.7 Å². The quantitative estimate of drug-likeness (QED) is 0.824. The summed E-state index contributed by atoms with van der Waals surface area (Å²) in [7, 11) is -0.809. The van der Waals surface area contributed by atoms with Crippen LogP contribution in [0.5, 0.6) is 0 Å². The number of hydrogen-bond acceptors (Lipinski definition) is 1. The summed E-state index contributed by atoms with van der Waals surface area (Å²) in [5.41, 5.74) is 7.08. The Balaban J connectivity index is 2.74. The highest BCUT2D eigenvalue weighted by molar-refractivity contribution is 8.32. The molecule has 1 aromatic carbocycles. The lowest BCUT2D eigenvalue weighted by molar-refractivity contribution is 0.627. The molecule has 1 atom stereocenters. The van der Waals surface area contributed by atoms with Gasteiger partial charge in [0.05, 0.1) is 0 Å². The van der Waals surface area contributed by atoms with Crippen molar-refractivity contribution in [3.8, 4) is 0 Å². The Morgan fingerprint density at radius 2 is 1.79 bits per heavy atom. The average Bonchev–Trinajstić information content (AvgIpc) is 2.08. The number of nitrogens with two attached hydrogens (primary N) is 1. The second-order valence-corrected chi connectivity index (χ2v) is 8.38. The summed E-state index contributed by atoms with van der Waals surface area (Å²) in [6, 6.07) is 6.69. The molecule has 0 saturated heterocycles. The smallest absolute Gasteiger partial charge is 0.123 e. The summed E-state index contributed by atoms with van der Waals surface area (Å²) < 4.78 is 12.7. The third-order valence-electron chi connectivity index (χ3n) is 2.46. The largest absolute Gasteiger partial charge is 0.321 e. The summed E-state index contributed by atoms with van der Waals surface area (Å²) in [5.74, 6) is 0.785. The molecule has 0 aliphatic heterocycles. The minimum atomic E-state index is -0.809. The Bertz CT molecular complexity index is 293. The second-order valence-electron chi connectivity index (χ2n) is 4.10. The first-order valence-electron chi connectivity index (χ1n) is 4.62. The zero-order chi connectivity index (χ0) is 10.8. The van der Waals surface area contributed by atoms with Crippen molar-refractivity contribution in [2.24, 2.45) is 5.73 Å². The first-order chi connectivity index (χ1) is 6.42. The third-order valence-corrected chi connectivity index (χ3v) is 5.55. The van der Waals surface area contributed by atoms with E-state index in [0.717, 1.165) is 5.75 Å². The minimum absolute atomic E-state index is 0.178. The van der Waals surface area contributed by atoms with Crippen LogP contribution in [-0.2, 0) is 5.75 Å². The van der Waals surface area contributed by atoms with Gasteiger partial charge in [-0.05, 0) is 37.1 Å². The molecule has 0 saturated carbocycles. The molecule has 0 amide bonds. The molecule has 1 unspecified atom stereocenters. The molecule has 1 nitrogen and oxygen atoms in total. The van der Waals surface area contributed by atoms with E-state index in [-0.39, 0.29) is 11.2 Å². The Morgan fingerprint density at radius 1 is 1.29 bits per heavy atom. The van der Waals surface area contributed by atoms with E-state index in [1.807, 2.05) is 19.1 Å². The van der Waals surface area contributed by atoms with Crippen molar-refractivity contribution in [3.63, 3.8) is 0 Å². The van der Waals surface area contributed by atoms with Crippen molar-refractivity contribution in [2.45, 2.75) is 18.1 Å². The summed E-state index contributed by atoms with van der Waals surface area (Å²) >= 11 is 0. The van der Waals surface area contributed by atoms with Crippen LogP contribution in [0, 0.1) is 5.82 Å². The molecule has 0 aliphatic carbocycles. The molecule has 2 N–H and O–H groups in total. The van der Waals surface area contributed by atoms with Gasteiger partial charge in [-0.1, -0.05) is 12.1 Å². The normalized spacial score (nSPS) is 15.2. The van der Waals surface area contributed by atoms with Crippen LogP contribution in [0.15, 0.2) is 24.3 Å². The van der Waals surface area contributed by atoms with E-state index < -0.39 is 10.0 Å². The zero-order valence-corrected chi connectivity index (χ0v) is 9.77.